The molecule has 0 unspecified atom stereocenters. The first-order valence-electron chi connectivity index (χ1n) is 5.58. The lowest BCUT2D eigenvalue weighted by Crippen LogP contribution is -2.26. The minimum Gasteiger partial charge on any atom is -0.389 e. The number of benzene rings is 1. The molecule has 0 saturated heterocycles. The fraction of sp³-hybridized carbons (Fsp3) is 0.182. The lowest BCUT2D eigenvalue weighted by Gasteiger charge is -2.09. The van der Waals surface area contributed by atoms with Gasteiger partial charge in [0.05, 0.1) is 12.3 Å². The molecule has 1 aromatic carbocycles. The van der Waals surface area contributed by atoms with E-state index >= 15 is 0 Å². The highest BCUT2D eigenvalue weighted by atomic mass is 32.2. The highest BCUT2D eigenvalue weighted by Crippen LogP contribution is 2.12. The van der Waals surface area contributed by atoms with Crippen molar-refractivity contribution in [3.8, 4) is 0 Å². The van der Waals surface area contributed by atoms with Gasteiger partial charge >= 0.3 is 0 Å². The summed E-state index contributed by atoms with van der Waals surface area (Å²) in [7, 11) is -3.55. The largest absolute Gasteiger partial charge is 0.389 e. The Kier molecular flexibility index (Phi) is 4.42. The molecule has 0 aliphatic heterocycles. The van der Waals surface area contributed by atoms with Crippen LogP contribution in [0.1, 0.15) is 17.0 Å². The highest BCUT2D eigenvalue weighted by molar-refractivity contribution is 7.88. The fourth-order valence-corrected chi connectivity index (χ4v) is 2.90. The summed E-state index contributed by atoms with van der Waals surface area (Å²) in [6.45, 7) is -0.0337. The lowest BCUT2D eigenvalue weighted by atomic mass is 10.1. The average molecular weight is 312 g/mol. The van der Waals surface area contributed by atoms with Gasteiger partial charge in [0.25, 0.3) is 0 Å². The van der Waals surface area contributed by atoms with E-state index in [0.29, 0.717) is 11.1 Å². The Hall–Kier alpha value is -1.84. The van der Waals surface area contributed by atoms with E-state index < -0.39 is 10.0 Å². The molecule has 20 heavy (non-hydrogen) atoms. The zero-order valence-electron chi connectivity index (χ0n) is 10.3. The molecule has 0 fully saturated rings. The maximum atomic E-state index is 12.0. The van der Waals surface area contributed by atoms with Crippen molar-refractivity contribution in [1.29, 1.82) is 0 Å². The quantitative estimate of drug-likeness (QED) is 0.739. The van der Waals surface area contributed by atoms with E-state index in [-0.39, 0.29) is 23.1 Å². The van der Waals surface area contributed by atoms with Crippen LogP contribution in [0.3, 0.4) is 0 Å². The van der Waals surface area contributed by atoms with Crippen molar-refractivity contribution in [2.45, 2.75) is 12.3 Å². The maximum absolute atomic E-state index is 12.0. The normalized spacial score (nSPS) is 11.4. The summed E-state index contributed by atoms with van der Waals surface area (Å²) in [5.41, 5.74) is 6.66. The van der Waals surface area contributed by atoms with Gasteiger partial charge in [-0.1, -0.05) is 41.6 Å². The van der Waals surface area contributed by atoms with Gasteiger partial charge in [0, 0.05) is 5.56 Å². The zero-order chi connectivity index (χ0) is 14.6. The first-order valence-corrected chi connectivity index (χ1v) is 7.64. The van der Waals surface area contributed by atoms with Gasteiger partial charge in [0.1, 0.15) is 4.99 Å². The molecule has 0 spiro atoms. The molecule has 1 aromatic heterocycles. The van der Waals surface area contributed by atoms with E-state index in [9.17, 15) is 8.42 Å². The average Bonchev–Trinajstić information content (AvgIpc) is 2.89. The second-order valence-electron chi connectivity index (χ2n) is 3.95. The summed E-state index contributed by atoms with van der Waals surface area (Å²) in [5, 5.41) is 3.52. The Morgan fingerprint density at radius 1 is 1.40 bits per heavy atom. The summed E-state index contributed by atoms with van der Waals surface area (Å²) in [4.78, 5) is 3.89. The van der Waals surface area contributed by atoms with Gasteiger partial charge in [0.15, 0.2) is 5.82 Å². The summed E-state index contributed by atoms with van der Waals surface area (Å²) in [6.07, 6.45) is 1.13. The number of nitrogens with zero attached hydrogens (tertiary/aromatic N) is 2. The second kappa shape index (κ2) is 6.07. The van der Waals surface area contributed by atoms with Crippen molar-refractivity contribution < 1.29 is 12.9 Å². The van der Waals surface area contributed by atoms with Crippen LogP contribution in [0.25, 0.3) is 0 Å². The van der Waals surface area contributed by atoms with E-state index in [4.69, 9.17) is 18.0 Å². The Morgan fingerprint density at radius 2 is 2.15 bits per heavy atom. The van der Waals surface area contributed by atoms with Gasteiger partial charge in [-0.3, -0.25) is 0 Å². The smallest absolute Gasteiger partial charge is 0.216 e. The van der Waals surface area contributed by atoms with Crippen molar-refractivity contribution in [3.63, 3.8) is 0 Å². The number of rotatable bonds is 6. The molecule has 0 aliphatic rings. The molecule has 3 N–H and O–H groups in total. The van der Waals surface area contributed by atoms with Gasteiger partial charge < -0.3 is 10.3 Å². The van der Waals surface area contributed by atoms with Crippen LogP contribution in [0.5, 0.6) is 0 Å². The number of sulfonamides is 1. The Labute approximate surface area is 121 Å². The molecule has 106 valence electrons. The van der Waals surface area contributed by atoms with Gasteiger partial charge in [-0.2, -0.15) is 4.98 Å². The van der Waals surface area contributed by atoms with Crippen LogP contribution in [0, 0.1) is 0 Å². The first-order chi connectivity index (χ1) is 9.48. The first kappa shape index (κ1) is 14.6. The Morgan fingerprint density at radius 3 is 2.80 bits per heavy atom. The highest BCUT2D eigenvalue weighted by Gasteiger charge is 2.15. The number of hydrogen-bond acceptors (Lipinski definition) is 6. The minimum absolute atomic E-state index is 0.0337. The Bertz CT molecular complexity index is 698. The maximum Gasteiger partial charge on any atom is 0.216 e. The standard InChI is InChI=1S/C11H12N4O3S2/c12-11(19)9-4-2-1-3-8(9)6-20(16,17)14-5-10-13-7-18-15-10/h1-4,7,14H,5-6H2,(H2,12,19). The van der Waals surface area contributed by atoms with Crippen LogP contribution >= 0.6 is 12.2 Å². The number of aromatic nitrogens is 2. The van der Waals surface area contributed by atoms with Gasteiger partial charge in [-0.15, -0.1) is 0 Å². The molecule has 7 nitrogen and oxygen atoms in total. The van der Waals surface area contributed by atoms with Crippen molar-refractivity contribution >= 4 is 27.2 Å². The molecule has 9 heteroatoms. The fourth-order valence-electron chi connectivity index (χ4n) is 1.59. The van der Waals surface area contributed by atoms with E-state index in [1.165, 1.54) is 0 Å². The Balaban J connectivity index is 2.10. The van der Waals surface area contributed by atoms with E-state index in [2.05, 4.69) is 19.4 Å². The lowest BCUT2D eigenvalue weighted by molar-refractivity contribution is 0.409. The van der Waals surface area contributed by atoms with Crippen molar-refractivity contribution in [3.05, 3.63) is 47.6 Å². The van der Waals surface area contributed by atoms with Crippen LogP contribution < -0.4 is 10.5 Å². The van der Waals surface area contributed by atoms with Crippen LogP contribution in [-0.2, 0) is 22.3 Å². The van der Waals surface area contributed by atoms with E-state index in [0.717, 1.165) is 6.39 Å². The molecule has 2 aromatic rings. The molecular weight excluding hydrogens is 300 g/mol. The van der Waals surface area contributed by atoms with Gasteiger partial charge in [-0.25, -0.2) is 13.1 Å². The van der Waals surface area contributed by atoms with E-state index in [1.807, 2.05) is 0 Å². The second-order valence-corrected chi connectivity index (χ2v) is 6.20. The molecule has 2 rings (SSSR count). The van der Waals surface area contributed by atoms with Crippen LogP contribution in [0.4, 0.5) is 0 Å². The molecule has 0 atom stereocenters. The van der Waals surface area contributed by atoms with E-state index in [1.54, 1.807) is 24.3 Å². The zero-order valence-corrected chi connectivity index (χ0v) is 11.9. The van der Waals surface area contributed by atoms with Gasteiger partial charge in [0.2, 0.25) is 16.4 Å². The molecule has 1 heterocycles. The third kappa shape index (κ3) is 3.83. The summed E-state index contributed by atoms with van der Waals surface area (Å²) >= 11 is 4.90. The van der Waals surface area contributed by atoms with Crippen molar-refractivity contribution in [1.82, 2.24) is 14.9 Å². The van der Waals surface area contributed by atoms with Crippen LogP contribution in [0.2, 0.25) is 0 Å². The molecular formula is C11H12N4O3S2. The summed E-state index contributed by atoms with van der Waals surface area (Å²) < 4.78 is 30.9. The number of hydrogen-bond donors (Lipinski definition) is 2. The third-order valence-electron chi connectivity index (χ3n) is 2.49. The molecule has 0 amide bonds. The number of nitrogens with one attached hydrogen (secondary N) is 1. The summed E-state index contributed by atoms with van der Waals surface area (Å²) in [5.74, 6) is 0.0365. The predicted molar refractivity (Wildman–Crippen MR) is 76.1 cm³/mol. The van der Waals surface area contributed by atoms with Crippen LogP contribution in [0.15, 0.2) is 35.2 Å². The molecule has 0 aliphatic carbocycles. The SMILES string of the molecule is NC(=S)c1ccccc1CS(=O)(=O)NCc1ncon1. The minimum atomic E-state index is -3.55. The van der Waals surface area contributed by atoms with Gasteiger partial charge in [-0.05, 0) is 5.56 Å². The predicted octanol–water partition coefficient (Wildman–Crippen LogP) is 0.323. The number of nitrogens with two attached hydrogens (primary N) is 1. The molecule has 0 saturated carbocycles. The summed E-state index contributed by atoms with van der Waals surface area (Å²) in [6, 6.07) is 6.83. The van der Waals surface area contributed by atoms with Crippen molar-refractivity contribution in [2.24, 2.45) is 5.73 Å². The third-order valence-corrected chi connectivity index (χ3v) is 3.98. The molecule has 0 radical (unpaired) electrons. The number of thiocarbonyl (C=S) groups is 1. The topological polar surface area (TPSA) is 111 Å². The molecule has 0 bridgehead atoms. The monoisotopic (exact) mass is 312 g/mol. The van der Waals surface area contributed by atoms with Crippen LogP contribution in [-0.4, -0.2) is 23.5 Å². The van der Waals surface area contributed by atoms with Crippen molar-refractivity contribution in [2.75, 3.05) is 0 Å².